The number of fused-ring (bicyclic) bond motifs is 1. The summed E-state index contributed by atoms with van der Waals surface area (Å²) in [6.07, 6.45) is 5.96. The van der Waals surface area contributed by atoms with Crippen LogP contribution in [0.15, 0.2) is 35.3 Å². The summed E-state index contributed by atoms with van der Waals surface area (Å²) in [6, 6.07) is 3.92. The quantitative estimate of drug-likeness (QED) is 0.687. The molecule has 0 saturated heterocycles. The highest BCUT2D eigenvalue weighted by Gasteiger charge is 2.13. The summed E-state index contributed by atoms with van der Waals surface area (Å²) >= 11 is 5.86. The molecule has 0 aliphatic carbocycles. The highest BCUT2D eigenvalue weighted by atomic mass is 35.5. The van der Waals surface area contributed by atoms with Crippen molar-refractivity contribution in [1.29, 1.82) is 0 Å². The van der Waals surface area contributed by atoms with Crippen LogP contribution in [0.2, 0.25) is 0 Å². The topological polar surface area (TPSA) is 43.9 Å². The van der Waals surface area contributed by atoms with Crippen LogP contribution >= 0.6 is 11.6 Å². The predicted molar refractivity (Wildman–Crippen MR) is 74.5 cm³/mol. The number of rotatable bonds is 4. The Morgan fingerprint density at radius 2 is 2.26 bits per heavy atom. The Morgan fingerprint density at radius 1 is 1.37 bits per heavy atom. The van der Waals surface area contributed by atoms with Crippen molar-refractivity contribution in [3.8, 4) is 0 Å². The number of hydrogen-bond acceptors (Lipinski definition) is 3. The first-order chi connectivity index (χ1) is 9.29. The molecule has 0 atom stereocenters. The third-order valence-electron chi connectivity index (χ3n) is 3.15. The smallest absolute Gasteiger partial charge is 0.160 e. The van der Waals surface area contributed by atoms with Gasteiger partial charge in [0.2, 0.25) is 0 Å². The molecule has 0 bridgehead atoms. The lowest BCUT2D eigenvalue weighted by molar-refractivity contribution is 0.562. The van der Waals surface area contributed by atoms with Gasteiger partial charge in [0, 0.05) is 24.1 Å². The number of alkyl halides is 1. The molecule has 3 aromatic rings. The second kappa shape index (κ2) is 5.05. The van der Waals surface area contributed by atoms with Crippen LogP contribution in [0.4, 0.5) is 0 Å². The molecule has 0 saturated carbocycles. The minimum absolute atomic E-state index is 0.549. The van der Waals surface area contributed by atoms with Gasteiger partial charge >= 0.3 is 0 Å². The van der Waals surface area contributed by atoms with Crippen LogP contribution in [0.5, 0.6) is 0 Å². The number of pyridine rings is 1. The standard InChI is InChI=1S/C14H14ClN3O/c1-10-3-6-16-14-13(10)17-12(2-5-15)18(14)8-11-4-7-19-9-11/h3-4,6-7,9H,2,5,8H2,1H3. The number of halogens is 1. The number of aryl methyl sites for hydroxylation is 2. The number of imidazole rings is 1. The van der Waals surface area contributed by atoms with Crippen molar-refractivity contribution in [2.75, 3.05) is 5.88 Å². The molecule has 0 aromatic carbocycles. The lowest BCUT2D eigenvalue weighted by Crippen LogP contribution is -2.06. The van der Waals surface area contributed by atoms with Crippen LogP contribution < -0.4 is 0 Å². The van der Waals surface area contributed by atoms with Crippen LogP contribution in [-0.4, -0.2) is 20.4 Å². The van der Waals surface area contributed by atoms with Crippen LogP contribution in [0, 0.1) is 6.92 Å². The molecule has 3 aromatic heterocycles. The second-order valence-corrected chi connectivity index (χ2v) is 4.86. The Hall–Kier alpha value is -1.81. The van der Waals surface area contributed by atoms with Gasteiger partial charge in [-0.3, -0.25) is 0 Å². The molecule has 0 N–H and O–H groups in total. The molecule has 98 valence electrons. The lowest BCUT2D eigenvalue weighted by atomic mass is 10.3. The van der Waals surface area contributed by atoms with E-state index in [4.69, 9.17) is 16.0 Å². The minimum Gasteiger partial charge on any atom is -0.472 e. The highest BCUT2D eigenvalue weighted by Crippen LogP contribution is 2.19. The van der Waals surface area contributed by atoms with E-state index in [-0.39, 0.29) is 0 Å². The Morgan fingerprint density at radius 3 is 3.00 bits per heavy atom. The first-order valence-electron chi connectivity index (χ1n) is 6.17. The van der Waals surface area contributed by atoms with Gasteiger partial charge in [-0.1, -0.05) is 0 Å². The van der Waals surface area contributed by atoms with Crippen LogP contribution in [-0.2, 0) is 13.0 Å². The first-order valence-corrected chi connectivity index (χ1v) is 6.71. The minimum atomic E-state index is 0.549. The van der Waals surface area contributed by atoms with Gasteiger partial charge < -0.3 is 8.98 Å². The number of furan rings is 1. The predicted octanol–water partition coefficient (Wildman–Crippen LogP) is 3.16. The summed E-state index contributed by atoms with van der Waals surface area (Å²) in [5.74, 6) is 1.52. The monoisotopic (exact) mass is 275 g/mol. The molecular weight excluding hydrogens is 262 g/mol. The van der Waals surface area contributed by atoms with Gasteiger partial charge in [-0.2, -0.15) is 0 Å². The maximum Gasteiger partial charge on any atom is 0.160 e. The van der Waals surface area contributed by atoms with Crippen molar-refractivity contribution in [2.45, 2.75) is 19.9 Å². The van der Waals surface area contributed by atoms with Crippen molar-refractivity contribution in [3.05, 3.63) is 47.8 Å². The van der Waals surface area contributed by atoms with E-state index in [1.54, 1.807) is 12.5 Å². The second-order valence-electron chi connectivity index (χ2n) is 4.48. The molecule has 3 heterocycles. The third kappa shape index (κ3) is 2.24. The number of aromatic nitrogens is 3. The zero-order valence-electron chi connectivity index (χ0n) is 10.6. The van der Waals surface area contributed by atoms with E-state index in [2.05, 4.69) is 14.5 Å². The Labute approximate surface area is 116 Å². The number of nitrogens with zero attached hydrogens (tertiary/aromatic N) is 3. The van der Waals surface area contributed by atoms with E-state index in [0.717, 1.165) is 34.5 Å². The largest absolute Gasteiger partial charge is 0.472 e. The van der Waals surface area contributed by atoms with Crippen LogP contribution in [0.3, 0.4) is 0 Å². The zero-order chi connectivity index (χ0) is 13.2. The van der Waals surface area contributed by atoms with E-state index in [9.17, 15) is 0 Å². The van der Waals surface area contributed by atoms with Gasteiger partial charge in [-0.25, -0.2) is 9.97 Å². The fourth-order valence-corrected chi connectivity index (χ4v) is 2.36. The molecule has 0 radical (unpaired) electrons. The van der Waals surface area contributed by atoms with E-state index in [1.165, 1.54) is 0 Å². The van der Waals surface area contributed by atoms with Gasteiger partial charge in [-0.15, -0.1) is 11.6 Å². The maximum atomic E-state index is 5.86. The average Bonchev–Trinajstić information content (AvgIpc) is 3.01. The fourth-order valence-electron chi connectivity index (χ4n) is 2.19. The normalized spacial score (nSPS) is 11.3. The van der Waals surface area contributed by atoms with Crippen molar-refractivity contribution in [2.24, 2.45) is 0 Å². The van der Waals surface area contributed by atoms with Gasteiger partial charge in [0.25, 0.3) is 0 Å². The fraction of sp³-hybridized carbons (Fsp3) is 0.286. The van der Waals surface area contributed by atoms with E-state index < -0.39 is 0 Å². The van der Waals surface area contributed by atoms with Crippen LogP contribution in [0.1, 0.15) is 17.0 Å². The molecule has 3 rings (SSSR count). The van der Waals surface area contributed by atoms with Gasteiger partial charge in [0.15, 0.2) is 5.65 Å². The summed E-state index contributed by atoms with van der Waals surface area (Å²) in [5.41, 5.74) is 4.08. The van der Waals surface area contributed by atoms with Crippen molar-refractivity contribution in [3.63, 3.8) is 0 Å². The first kappa shape index (κ1) is 12.2. The molecule has 0 amide bonds. The third-order valence-corrected chi connectivity index (χ3v) is 3.34. The van der Waals surface area contributed by atoms with Gasteiger partial charge in [-0.05, 0) is 24.6 Å². The summed E-state index contributed by atoms with van der Waals surface area (Å²) < 4.78 is 7.23. The van der Waals surface area contributed by atoms with Crippen molar-refractivity contribution >= 4 is 22.8 Å². The molecule has 0 spiro atoms. The molecule has 0 aliphatic rings. The summed E-state index contributed by atoms with van der Waals surface area (Å²) in [7, 11) is 0. The molecule has 0 unspecified atom stereocenters. The molecule has 19 heavy (non-hydrogen) atoms. The zero-order valence-corrected chi connectivity index (χ0v) is 11.4. The molecule has 5 heteroatoms. The highest BCUT2D eigenvalue weighted by molar-refractivity contribution is 6.17. The molecule has 0 fully saturated rings. The lowest BCUT2D eigenvalue weighted by Gasteiger charge is -2.05. The summed E-state index contributed by atoms with van der Waals surface area (Å²) in [6.45, 7) is 2.75. The van der Waals surface area contributed by atoms with Gasteiger partial charge in [0.05, 0.1) is 19.1 Å². The Bertz CT molecular complexity index is 688. The molecular formula is C14H14ClN3O. The van der Waals surface area contributed by atoms with E-state index in [0.29, 0.717) is 12.4 Å². The maximum absolute atomic E-state index is 5.86. The SMILES string of the molecule is Cc1ccnc2c1nc(CCCl)n2Cc1ccoc1. The van der Waals surface area contributed by atoms with E-state index in [1.807, 2.05) is 25.3 Å². The Balaban J connectivity index is 2.13. The summed E-state index contributed by atoms with van der Waals surface area (Å²) in [4.78, 5) is 9.12. The van der Waals surface area contributed by atoms with Crippen molar-refractivity contribution < 1.29 is 4.42 Å². The summed E-state index contributed by atoms with van der Waals surface area (Å²) in [5, 5.41) is 0. The van der Waals surface area contributed by atoms with Crippen LogP contribution in [0.25, 0.3) is 11.2 Å². The Kier molecular flexibility index (Phi) is 3.25. The molecule has 0 aliphatic heterocycles. The molecule has 4 nitrogen and oxygen atoms in total. The van der Waals surface area contributed by atoms with Crippen molar-refractivity contribution in [1.82, 2.24) is 14.5 Å². The van der Waals surface area contributed by atoms with Gasteiger partial charge in [0.1, 0.15) is 11.3 Å². The average molecular weight is 276 g/mol. The van der Waals surface area contributed by atoms with E-state index >= 15 is 0 Å². The number of hydrogen-bond donors (Lipinski definition) is 0.